The molecule has 0 fully saturated rings. The number of hydrogen-bond donors (Lipinski definition) is 0. The third-order valence-electron chi connectivity index (χ3n) is 2.89. The molecule has 2 aromatic rings. The Bertz CT molecular complexity index is 671. The van der Waals surface area contributed by atoms with Crippen molar-refractivity contribution in [2.24, 2.45) is 0 Å². The number of hydrogen-bond acceptors (Lipinski definition) is 3. The van der Waals surface area contributed by atoms with Gasteiger partial charge in [-0.1, -0.05) is 37.8 Å². The Morgan fingerprint density at radius 1 is 1.42 bits per heavy atom. The quantitative estimate of drug-likeness (QED) is 0.800. The summed E-state index contributed by atoms with van der Waals surface area (Å²) < 4.78 is 0. The van der Waals surface area contributed by atoms with Crippen molar-refractivity contribution in [2.45, 2.75) is 13.3 Å². The molecule has 1 heterocycles. The maximum atomic E-state index is 9.12. The molecule has 0 bridgehead atoms. The summed E-state index contributed by atoms with van der Waals surface area (Å²) in [5.41, 5.74) is 3.70. The van der Waals surface area contributed by atoms with E-state index in [1.54, 1.807) is 0 Å². The average molecular weight is 270 g/mol. The lowest BCUT2D eigenvalue weighted by atomic mass is 9.95. The molecule has 4 heteroatoms. The Kier molecular flexibility index (Phi) is 3.94. The number of benzene rings is 1. The zero-order valence-electron chi connectivity index (χ0n) is 10.5. The molecule has 0 aliphatic carbocycles. The molecule has 0 aliphatic heterocycles. The van der Waals surface area contributed by atoms with Gasteiger partial charge < -0.3 is 0 Å². The first kappa shape index (κ1) is 13.3. The lowest BCUT2D eigenvalue weighted by Crippen LogP contribution is -2.00. The molecule has 0 aliphatic rings. The van der Waals surface area contributed by atoms with Crippen LogP contribution in [0.1, 0.15) is 29.3 Å². The maximum Gasteiger partial charge on any atom is 0.222 e. The lowest BCUT2D eigenvalue weighted by Gasteiger charge is -2.11. The molecule has 3 nitrogen and oxygen atoms in total. The maximum absolute atomic E-state index is 9.12. The van der Waals surface area contributed by atoms with Crippen LogP contribution >= 0.6 is 11.6 Å². The van der Waals surface area contributed by atoms with E-state index >= 15 is 0 Å². The second-order valence-electron chi connectivity index (χ2n) is 4.00. The predicted molar refractivity (Wildman–Crippen MR) is 75.7 cm³/mol. The van der Waals surface area contributed by atoms with E-state index in [-0.39, 0.29) is 5.28 Å². The molecule has 0 unspecified atom stereocenters. The normalized spacial score (nSPS) is 9.95. The average Bonchev–Trinajstić information content (AvgIpc) is 2.46. The summed E-state index contributed by atoms with van der Waals surface area (Å²) in [5, 5.41) is 9.23. The van der Waals surface area contributed by atoms with Gasteiger partial charge in [0.2, 0.25) is 5.28 Å². The van der Waals surface area contributed by atoms with Crippen LogP contribution < -0.4 is 0 Å². The number of nitriles is 1. The van der Waals surface area contributed by atoms with Crippen molar-refractivity contribution < 1.29 is 0 Å². The van der Waals surface area contributed by atoms with Crippen molar-refractivity contribution in [1.82, 2.24) is 9.97 Å². The van der Waals surface area contributed by atoms with Crippen molar-refractivity contribution in [1.29, 1.82) is 5.26 Å². The smallest absolute Gasteiger partial charge is 0.222 e. The first-order valence-corrected chi connectivity index (χ1v) is 6.25. The van der Waals surface area contributed by atoms with Gasteiger partial charge in [-0.05, 0) is 29.1 Å². The molecule has 0 saturated carbocycles. The molecule has 0 saturated heterocycles. The van der Waals surface area contributed by atoms with Crippen molar-refractivity contribution in [2.75, 3.05) is 0 Å². The fourth-order valence-corrected chi connectivity index (χ4v) is 2.06. The third-order valence-corrected chi connectivity index (χ3v) is 3.07. The number of halogens is 1. The van der Waals surface area contributed by atoms with Gasteiger partial charge in [0.05, 0.1) is 17.5 Å². The van der Waals surface area contributed by atoms with E-state index in [9.17, 15) is 0 Å². The largest absolute Gasteiger partial charge is 0.225 e. The van der Waals surface area contributed by atoms with E-state index in [0.717, 1.165) is 17.5 Å². The highest BCUT2D eigenvalue weighted by Gasteiger charge is 2.13. The highest BCUT2D eigenvalue weighted by atomic mass is 35.5. The minimum atomic E-state index is 0.115. The molecule has 0 spiro atoms. The van der Waals surface area contributed by atoms with Crippen LogP contribution in [0.15, 0.2) is 37.0 Å². The van der Waals surface area contributed by atoms with Crippen LogP contribution in [0, 0.1) is 11.3 Å². The Morgan fingerprint density at radius 3 is 2.84 bits per heavy atom. The van der Waals surface area contributed by atoms with E-state index in [1.165, 1.54) is 6.20 Å². The van der Waals surface area contributed by atoms with Gasteiger partial charge in [-0.3, -0.25) is 0 Å². The van der Waals surface area contributed by atoms with E-state index < -0.39 is 0 Å². The predicted octanol–water partition coefficient (Wildman–Crippen LogP) is 3.63. The zero-order valence-corrected chi connectivity index (χ0v) is 11.3. The molecule has 0 radical (unpaired) electrons. The number of rotatable bonds is 3. The molecular weight excluding hydrogens is 258 g/mol. The SMILES string of the molecule is C=C(c1ccccc1CC)c1nc(Cl)ncc1C#N. The first-order chi connectivity index (χ1) is 9.17. The zero-order chi connectivity index (χ0) is 13.8. The van der Waals surface area contributed by atoms with Crippen LogP contribution in [-0.4, -0.2) is 9.97 Å². The van der Waals surface area contributed by atoms with Crippen molar-refractivity contribution in [3.05, 3.63) is 64.7 Å². The fraction of sp³-hybridized carbons (Fsp3) is 0.133. The molecule has 19 heavy (non-hydrogen) atoms. The molecule has 94 valence electrons. The molecule has 0 N–H and O–H groups in total. The van der Waals surface area contributed by atoms with Crippen LogP contribution in [-0.2, 0) is 6.42 Å². The Morgan fingerprint density at radius 2 is 2.16 bits per heavy atom. The Hall–Kier alpha value is -2.18. The Balaban J connectivity index is 2.56. The fourth-order valence-electron chi connectivity index (χ4n) is 1.92. The first-order valence-electron chi connectivity index (χ1n) is 5.87. The lowest BCUT2D eigenvalue weighted by molar-refractivity contribution is 1.11. The van der Waals surface area contributed by atoms with E-state index in [1.807, 2.05) is 24.3 Å². The van der Waals surface area contributed by atoms with Gasteiger partial charge in [-0.25, -0.2) is 9.97 Å². The third kappa shape index (κ3) is 2.64. The standard InChI is InChI=1S/C15H12ClN3/c1-3-11-6-4-5-7-13(11)10(2)14-12(8-17)9-18-15(16)19-14/h4-7,9H,2-3H2,1H3. The topological polar surface area (TPSA) is 49.6 Å². The monoisotopic (exact) mass is 269 g/mol. The van der Waals surface area contributed by atoms with E-state index in [4.69, 9.17) is 16.9 Å². The van der Waals surface area contributed by atoms with Crippen LogP contribution in [0.25, 0.3) is 5.57 Å². The van der Waals surface area contributed by atoms with Gasteiger partial charge in [0.15, 0.2) is 0 Å². The molecule has 2 rings (SSSR count). The number of nitrogens with zero attached hydrogens (tertiary/aromatic N) is 3. The second-order valence-corrected chi connectivity index (χ2v) is 4.34. The summed E-state index contributed by atoms with van der Waals surface area (Å²) in [6.07, 6.45) is 2.31. The summed E-state index contributed by atoms with van der Waals surface area (Å²) in [5.74, 6) is 0. The van der Waals surface area contributed by atoms with Gasteiger partial charge in [0.1, 0.15) is 6.07 Å². The van der Waals surface area contributed by atoms with Gasteiger partial charge in [0, 0.05) is 5.57 Å². The van der Waals surface area contributed by atoms with Gasteiger partial charge in [-0.2, -0.15) is 5.26 Å². The summed E-state index contributed by atoms with van der Waals surface area (Å²) >= 11 is 5.81. The minimum Gasteiger partial charge on any atom is -0.225 e. The number of aromatic nitrogens is 2. The van der Waals surface area contributed by atoms with Crippen molar-refractivity contribution in [3.8, 4) is 6.07 Å². The second kappa shape index (κ2) is 5.64. The Labute approximate surface area is 117 Å². The van der Waals surface area contributed by atoms with Crippen LogP contribution in [0.4, 0.5) is 0 Å². The minimum absolute atomic E-state index is 0.115. The van der Waals surface area contributed by atoms with Crippen LogP contribution in [0.3, 0.4) is 0 Å². The summed E-state index contributed by atoms with van der Waals surface area (Å²) in [7, 11) is 0. The molecule has 0 amide bonds. The van der Waals surface area contributed by atoms with E-state index in [0.29, 0.717) is 16.8 Å². The summed E-state index contributed by atoms with van der Waals surface area (Å²) in [4.78, 5) is 7.95. The van der Waals surface area contributed by atoms with Gasteiger partial charge in [-0.15, -0.1) is 0 Å². The molecule has 0 atom stereocenters. The highest BCUT2D eigenvalue weighted by Crippen LogP contribution is 2.26. The van der Waals surface area contributed by atoms with E-state index in [2.05, 4.69) is 29.5 Å². The van der Waals surface area contributed by atoms with Gasteiger partial charge >= 0.3 is 0 Å². The van der Waals surface area contributed by atoms with Gasteiger partial charge in [0.25, 0.3) is 0 Å². The summed E-state index contributed by atoms with van der Waals surface area (Å²) in [6.45, 7) is 6.13. The van der Waals surface area contributed by atoms with Crippen LogP contribution in [0.2, 0.25) is 5.28 Å². The molecule has 1 aromatic heterocycles. The van der Waals surface area contributed by atoms with Crippen molar-refractivity contribution >= 4 is 17.2 Å². The van der Waals surface area contributed by atoms with Crippen LogP contribution in [0.5, 0.6) is 0 Å². The highest BCUT2D eigenvalue weighted by molar-refractivity contribution is 6.28. The molecule has 1 aromatic carbocycles. The molecular formula is C15H12ClN3. The number of aryl methyl sites for hydroxylation is 1. The summed E-state index contributed by atoms with van der Waals surface area (Å²) in [6, 6.07) is 9.99. The van der Waals surface area contributed by atoms with Crippen molar-refractivity contribution in [3.63, 3.8) is 0 Å².